The summed E-state index contributed by atoms with van der Waals surface area (Å²) in [6.07, 6.45) is 2.54. The van der Waals surface area contributed by atoms with E-state index in [2.05, 4.69) is 25.8 Å². The Morgan fingerprint density at radius 3 is 2.87 bits per heavy atom. The van der Waals surface area contributed by atoms with Crippen LogP contribution in [-0.2, 0) is 4.79 Å². The molecule has 2 amide bonds. The van der Waals surface area contributed by atoms with Crippen molar-refractivity contribution >= 4 is 17.5 Å². The van der Waals surface area contributed by atoms with Gasteiger partial charge in [-0.05, 0) is 24.6 Å². The molecule has 10 heteroatoms. The van der Waals surface area contributed by atoms with E-state index in [4.69, 9.17) is 4.52 Å². The standard InChI is InChI=1S/C20H23N7O3/c1-12(2)18-22-19(30-24-18)17-11-27(25-23-17)16-7-8-26(10-16)20(29)14-5-4-6-15(9-14)21-13(3)28/h4-6,9,11-12,16H,7-8,10H2,1-3H3,(H,21,28)/t16-/m1/s1. The molecule has 1 fully saturated rings. The summed E-state index contributed by atoms with van der Waals surface area (Å²) in [7, 11) is 0. The third-order valence-corrected chi connectivity index (χ3v) is 4.94. The van der Waals surface area contributed by atoms with Crippen LogP contribution in [0.5, 0.6) is 0 Å². The lowest BCUT2D eigenvalue weighted by Gasteiger charge is -2.17. The summed E-state index contributed by atoms with van der Waals surface area (Å²) in [5.41, 5.74) is 1.65. The molecule has 0 saturated carbocycles. The van der Waals surface area contributed by atoms with Crippen LogP contribution in [0.4, 0.5) is 5.69 Å². The maximum Gasteiger partial charge on any atom is 0.280 e. The first-order valence-corrected chi connectivity index (χ1v) is 9.83. The molecular formula is C20H23N7O3. The molecule has 4 rings (SSSR count). The summed E-state index contributed by atoms with van der Waals surface area (Å²) >= 11 is 0. The van der Waals surface area contributed by atoms with Gasteiger partial charge in [0.1, 0.15) is 0 Å². The Labute approximate surface area is 173 Å². The summed E-state index contributed by atoms with van der Waals surface area (Å²) in [4.78, 5) is 30.3. The van der Waals surface area contributed by atoms with Gasteiger partial charge in [0.05, 0.1) is 12.2 Å². The number of hydrogen-bond acceptors (Lipinski definition) is 7. The zero-order valence-corrected chi connectivity index (χ0v) is 17.1. The number of nitrogens with one attached hydrogen (secondary N) is 1. The van der Waals surface area contributed by atoms with Gasteiger partial charge < -0.3 is 14.7 Å². The first kappa shape index (κ1) is 19.7. The molecule has 0 bridgehead atoms. The highest BCUT2D eigenvalue weighted by molar-refractivity contribution is 5.97. The lowest BCUT2D eigenvalue weighted by atomic mass is 10.1. The summed E-state index contributed by atoms with van der Waals surface area (Å²) in [6, 6.07) is 6.96. The van der Waals surface area contributed by atoms with Gasteiger partial charge >= 0.3 is 0 Å². The second kappa shape index (κ2) is 8.05. The lowest BCUT2D eigenvalue weighted by Crippen LogP contribution is -2.29. The summed E-state index contributed by atoms with van der Waals surface area (Å²) in [6.45, 7) is 6.54. The number of nitrogens with zero attached hydrogens (tertiary/aromatic N) is 6. The van der Waals surface area contributed by atoms with Crippen LogP contribution in [0.25, 0.3) is 11.6 Å². The molecule has 3 aromatic rings. The number of rotatable bonds is 5. The van der Waals surface area contributed by atoms with Crippen molar-refractivity contribution in [3.05, 3.63) is 41.9 Å². The number of hydrogen-bond donors (Lipinski definition) is 1. The molecule has 1 aliphatic heterocycles. The molecule has 0 unspecified atom stereocenters. The van der Waals surface area contributed by atoms with E-state index in [-0.39, 0.29) is 23.8 Å². The van der Waals surface area contributed by atoms with Crippen molar-refractivity contribution in [2.24, 2.45) is 0 Å². The highest BCUT2D eigenvalue weighted by atomic mass is 16.5. The smallest absolute Gasteiger partial charge is 0.280 e. The Hall–Kier alpha value is -3.56. The van der Waals surface area contributed by atoms with Crippen LogP contribution < -0.4 is 5.32 Å². The summed E-state index contributed by atoms with van der Waals surface area (Å²) in [5.74, 6) is 0.869. The summed E-state index contributed by atoms with van der Waals surface area (Å²) in [5, 5.41) is 15.0. The van der Waals surface area contributed by atoms with Crippen molar-refractivity contribution in [2.45, 2.75) is 39.2 Å². The van der Waals surface area contributed by atoms with Gasteiger partial charge in [0, 0.05) is 37.2 Å². The molecule has 0 radical (unpaired) electrons. The lowest BCUT2D eigenvalue weighted by molar-refractivity contribution is -0.114. The average molecular weight is 409 g/mol. The fourth-order valence-electron chi connectivity index (χ4n) is 3.38. The van der Waals surface area contributed by atoms with Crippen molar-refractivity contribution in [3.63, 3.8) is 0 Å². The average Bonchev–Trinajstić information content (AvgIpc) is 3.46. The minimum Gasteiger partial charge on any atom is -0.336 e. The van der Waals surface area contributed by atoms with E-state index in [0.717, 1.165) is 6.42 Å². The molecule has 10 nitrogen and oxygen atoms in total. The van der Waals surface area contributed by atoms with E-state index in [1.54, 1.807) is 40.0 Å². The van der Waals surface area contributed by atoms with Gasteiger partial charge in [-0.2, -0.15) is 4.98 Å². The highest BCUT2D eigenvalue weighted by Gasteiger charge is 2.29. The molecule has 1 N–H and O–H groups in total. The Balaban J connectivity index is 1.44. The molecule has 1 atom stereocenters. The molecule has 0 aliphatic carbocycles. The molecule has 1 saturated heterocycles. The Morgan fingerprint density at radius 2 is 2.13 bits per heavy atom. The van der Waals surface area contributed by atoms with Gasteiger partial charge in [0.2, 0.25) is 5.91 Å². The van der Waals surface area contributed by atoms with E-state index >= 15 is 0 Å². The monoisotopic (exact) mass is 409 g/mol. The molecule has 2 aromatic heterocycles. The maximum atomic E-state index is 12.9. The normalized spacial score (nSPS) is 16.3. The van der Waals surface area contributed by atoms with E-state index in [9.17, 15) is 9.59 Å². The minimum absolute atomic E-state index is 0.0150. The van der Waals surface area contributed by atoms with Gasteiger partial charge in [0.15, 0.2) is 11.5 Å². The van der Waals surface area contributed by atoms with Gasteiger partial charge in [-0.15, -0.1) is 5.10 Å². The number of likely N-dealkylation sites (tertiary alicyclic amines) is 1. The summed E-state index contributed by atoms with van der Waals surface area (Å²) < 4.78 is 7.02. The molecular weight excluding hydrogens is 386 g/mol. The number of aromatic nitrogens is 5. The van der Waals surface area contributed by atoms with Crippen LogP contribution in [0.3, 0.4) is 0 Å². The third kappa shape index (κ3) is 4.07. The van der Waals surface area contributed by atoms with E-state index < -0.39 is 0 Å². The van der Waals surface area contributed by atoms with Crippen LogP contribution in [0.2, 0.25) is 0 Å². The van der Waals surface area contributed by atoms with Gasteiger partial charge in [-0.1, -0.05) is 30.3 Å². The zero-order valence-electron chi connectivity index (χ0n) is 17.1. The molecule has 156 valence electrons. The first-order chi connectivity index (χ1) is 14.4. The number of carbonyl (C=O) groups is 2. The van der Waals surface area contributed by atoms with E-state index in [1.807, 2.05) is 13.8 Å². The predicted octanol–water partition coefficient (Wildman–Crippen LogP) is 2.50. The predicted molar refractivity (Wildman–Crippen MR) is 108 cm³/mol. The van der Waals surface area contributed by atoms with E-state index in [0.29, 0.717) is 41.7 Å². The van der Waals surface area contributed by atoms with Crippen LogP contribution in [-0.4, -0.2) is 54.9 Å². The van der Waals surface area contributed by atoms with Crippen molar-refractivity contribution in [1.29, 1.82) is 0 Å². The Morgan fingerprint density at radius 1 is 1.30 bits per heavy atom. The minimum atomic E-state index is -0.176. The van der Waals surface area contributed by atoms with Crippen LogP contribution in [0.1, 0.15) is 55.3 Å². The molecule has 1 aliphatic rings. The highest BCUT2D eigenvalue weighted by Crippen LogP contribution is 2.25. The van der Waals surface area contributed by atoms with Gasteiger partial charge in [-0.25, -0.2) is 4.68 Å². The SMILES string of the molecule is CC(=O)Nc1cccc(C(=O)N2CC[C@@H](n3cc(-c4nc(C(C)C)no4)nn3)C2)c1. The molecule has 3 heterocycles. The van der Waals surface area contributed by atoms with Crippen molar-refractivity contribution < 1.29 is 14.1 Å². The number of benzene rings is 1. The largest absolute Gasteiger partial charge is 0.336 e. The fourth-order valence-corrected chi connectivity index (χ4v) is 3.38. The van der Waals surface area contributed by atoms with Crippen molar-refractivity contribution in [1.82, 2.24) is 30.0 Å². The van der Waals surface area contributed by atoms with Crippen molar-refractivity contribution in [3.8, 4) is 11.6 Å². The second-order valence-electron chi connectivity index (χ2n) is 7.65. The number of amides is 2. The quantitative estimate of drug-likeness (QED) is 0.687. The molecule has 0 spiro atoms. The van der Waals surface area contributed by atoms with Gasteiger partial charge in [-0.3, -0.25) is 9.59 Å². The molecule has 1 aromatic carbocycles. The third-order valence-electron chi connectivity index (χ3n) is 4.94. The topological polar surface area (TPSA) is 119 Å². The van der Waals surface area contributed by atoms with Gasteiger partial charge in [0.25, 0.3) is 11.8 Å². The fraction of sp³-hybridized carbons (Fsp3) is 0.400. The number of anilines is 1. The zero-order chi connectivity index (χ0) is 21.3. The molecule has 30 heavy (non-hydrogen) atoms. The Bertz CT molecular complexity index is 1070. The van der Waals surface area contributed by atoms with E-state index in [1.165, 1.54) is 6.92 Å². The van der Waals surface area contributed by atoms with Crippen molar-refractivity contribution in [2.75, 3.05) is 18.4 Å². The first-order valence-electron chi connectivity index (χ1n) is 9.83. The second-order valence-corrected chi connectivity index (χ2v) is 7.65. The maximum absolute atomic E-state index is 12.9. The van der Waals surface area contributed by atoms with Crippen LogP contribution >= 0.6 is 0 Å². The van der Waals surface area contributed by atoms with Crippen LogP contribution in [0, 0.1) is 0 Å². The number of carbonyl (C=O) groups excluding carboxylic acids is 2. The van der Waals surface area contributed by atoms with Crippen LogP contribution in [0.15, 0.2) is 35.0 Å². The Kier molecular flexibility index (Phi) is 5.30.